The number of aromatic nitrogens is 6. The van der Waals surface area contributed by atoms with E-state index in [0.29, 0.717) is 90.9 Å². The van der Waals surface area contributed by atoms with Crippen molar-refractivity contribution < 1.29 is 19.1 Å². The molecule has 66 heavy (non-hydrogen) atoms. The van der Waals surface area contributed by atoms with Crippen molar-refractivity contribution in [3.8, 4) is 70.1 Å². The molecule has 4 fully saturated rings. The molecule has 16 heteroatoms. The zero-order valence-corrected chi connectivity index (χ0v) is 36.8. The maximum Gasteiger partial charge on any atom is 0.299 e. The highest BCUT2D eigenvalue weighted by Gasteiger charge is 2.53. The van der Waals surface area contributed by atoms with Crippen LogP contribution in [-0.4, -0.2) is 115 Å². The fourth-order valence-electron chi connectivity index (χ4n) is 10.0. The largest absolute Gasteiger partial charge is 0.492 e. The topological polar surface area (TPSA) is 174 Å². The van der Waals surface area contributed by atoms with Gasteiger partial charge in [0.1, 0.15) is 29.5 Å². The first-order valence-corrected chi connectivity index (χ1v) is 22.3. The lowest BCUT2D eigenvalue weighted by Crippen LogP contribution is -2.57. The summed E-state index contributed by atoms with van der Waals surface area (Å²) in [5, 5.41) is 28.9. The Balaban J connectivity index is 0.860. The van der Waals surface area contributed by atoms with Crippen molar-refractivity contribution in [1.82, 2.24) is 39.0 Å². The van der Waals surface area contributed by atoms with E-state index in [1.807, 2.05) is 55.1 Å². The third-order valence-corrected chi connectivity index (χ3v) is 13.6. The lowest BCUT2D eigenvalue weighted by Gasteiger charge is -2.41. The average molecular weight is 879 g/mol. The van der Waals surface area contributed by atoms with Crippen LogP contribution in [0.3, 0.4) is 0 Å². The number of hydrogen-bond acceptors (Lipinski definition) is 12. The number of carbonyl (C=O) groups is 2. The molecule has 6 aromatic heterocycles. The fraction of sp³-hybridized carbons (Fsp3) is 0.360. The van der Waals surface area contributed by atoms with Crippen LogP contribution >= 0.6 is 0 Å². The third kappa shape index (κ3) is 7.41. The Hall–Kier alpha value is -8.08. The van der Waals surface area contributed by atoms with Crippen molar-refractivity contribution in [2.24, 2.45) is 5.41 Å². The monoisotopic (exact) mass is 878 g/mol. The second kappa shape index (κ2) is 16.8. The van der Waals surface area contributed by atoms with Crippen molar-refractivity contribution in [2.45, 2.75) is 51.5 Å². The maximum atomic E-state index is 14.0. The molecule has 0 N–H and O–H groups in total. The lowest BCUT2D eigenvalue weighted by molar-refractivity contribution is -0.128. The minimum absolute atomic E-state index is 0.0938. The summed E-state index contributed by atoms with van der Waals surface area (Å²) in [6.45, 7) is 9.36. The van der Waals surface area contributed by atoms with Gasteiger partial charge in [-0.25, -0.2) is 19.0 Å². The van der Waals surface area contributed by atoms with Gasteiger partial charge in [0, 0.05) is 86.4 Å². The molecule has 10 rings (SSSR count). The van der Waals surface area contributed by atoms with Crippen LogP contribution in [0.1, 0.15) is 62.8 Å². The zero-order valence-electron chi connectivity index (χ0n) is 36.8. The van der Waals surface area contributed by atoms with Gasteiger partial charge in [0.25, 0.3) is 11.8 Å². The summed E-state index contributed by atoms with van der Waals surface area (Å²) in [5.74, 6) is 10.5. The molecule has 2 amide bonds. The zero-order chi connectivity index (χ0) is 45.6. The molecule has 330 valence electrons. The number of piperazine rings is 1. The number of fused-ring (bicyclic) bond motifs is 2. The Morgan fingerprint density at radius 3 is 2.06 bits per heavy atom. The highest BCUT2D eigenvalue weighted by Crippen LogP contribution is 2.46. The first-order chi connectivity index (χ1) is 32.2. The molecule has 0 bridgehead atoms. The molecule has 16 nitrogen and oxygen atoms in total. The van der Waals surface area contributed by atoms with Gasteiger partial charge in [0.2, 0.25) is 0 Å². The average Bonchev–Trinajstić information content (AvgIpc) is 3.63. The Bertz CT molecular complexity index is 3090. The minimum Gasteiger partial charge on any atom is -0.492 e. The molecule has 0 aromatic carbocycles. The standard InChI is InChI=1S/C50H46N12O4/c1-4-45(63)59-20-17-49(32-59)15-18-57(19-16-49)43-10-7-35(28-53-43)40-24-42(66-6-3)41(62-48(40)37(26-52)30-56-62)9-12-46(64)60-22-21-58(33-50(60)13-14-50)44-11-8-34(27-54-44)39-23-38(65-5-2)31-61-47(39)36(25-51)29-55-61/h1,7-8,10-11,23-24,27-31H,5-6,13-22,32-33H2,2-3H3. The highest BCUT2D eigenvalue weighted by molar-refractivity contribution is 5.96. The molecular weight excluding hydrogens is 833 g/mol. The number of pyridine rings is 4. The van der Waals surface area contributed by atoms with Gasteiger partial charge in [-0.1, -0.05) is 0 Å². The van der Waals surface area contributed by atoms with E-state index < -0.39 is 0 Å². The molecule has 0 radical (unpaired) electrons. The number of amides is 2. The number of nitrogens with zero attached hydrogens (tertiary/aromatic N) is 12. The van der Waals surface area contributed by atoms with Crippen LogP contribution < -0.4 is 19.3 Å². The van der Waals surface area contributed by atoms with Crippen LogP contribution in [0.5, 0.6) is 11.5 Å². The number of nitriles is 2. The predicted octanol–water partition coefficient (Wildman–Crippen LogP) is 5.33. The summed E-state index contributed by atoms with van der Waals surface area (Å²) < 4.78 is 15.2. The van der Waals surface area contributed by atoms with Crippen molar-refractivity contribution in [1.29, 1.82) is 10.5 Å². The normalized spacial score (nSPS) is 17.0. The Labute approximate surface area is 381 Å². The number of rotatable bonds is 8. The first-order valence-electron chi connectivity index (χ1n) is 22.3. The predicted molar refractivity (Wildman–Crippen MR) is 245 cm³/mol. The van der Waals surface area contributed by atoms with Crippen LogP contribution in [0.15, 0.2) is 67.4 Å². The number of ether oxygens (including phenoxy) is 2. The van der Waals surface area contributed by atoms with Gasteiger partial charge >= 0.3 is 0 Å². The fourth-order valence-corrected chi connectivity index (χ4v) is 10.0. The van der Waals surface area contributed by atoms with E-state index in [1.165, 1.54) is 6.20 Å². The summed E-state index contributed by atoms with van der Waals surface area (Å²) in [4.78, 5) is 44.1. The van der Waals surface area contributed by atoms with Gasteiger partial charge in [-0.3, -0.25) is 9.59 Å². The Morgan fingerprint density at radius 2 is 1.41 bits per heavy atom. The van der Waals surface area contributed by atoms with Crippen LogP contribution in [0.2, 0.25) is 0 Å². The van der Waals surface area contributed by atoms with Crippen molar-refractivity contribution in [2.75, 3.05) is 68.8 Å². The molecule has 4 aliphatic rings. The van der Waals surface area contributed by atoms with E-state index in [4.69, 9.17) is 25.9 Å². The minimum atomic E-state index is -0.363. The van der Waals surface area contributed by atoms with Crippen LogP contribution in [-0.2, 0) is 9.59 Å². The van der Waals surface area contributed by atoms with Crippen LogP contribution in [0.4, 0.5) is 11.6 Å². The van der Waals surface area contributed by atoms with E-state index in [0.717, 1.165) is 73.5 Å². The van der Waals surface area contributed by atoms with E-state index in [1.54, 1.807) is 38.7 Å². The van der Waals surface area contributed by atoms with Gasteiger partial charge in [0.05, 0.1) is 59.5 Å². The van der Waals surface area contributed by atoms with Crippen LogP contribution in [0, 0.1) is 52.3 Å². The van der Waals surface area contributed by atoms with E-state index in [9.17, 15) is 20.1 Å². The number of carbonyl (C=O) groups excluding carboxylic acids is 2. The number of hydrogen-bond donors (Lipinski definition) is 0. The molecular formula is C50H46N12O4. The van der Waals surface area contributed by atoms with E-state index in [2.05, 4.69) is 49.9 Å². The van der Waals surface area contributed by atoms with E-state index >= 15 is 0 Å². The van der Waals surface area contributed by atoms with E-state index in [-0.39, 0.29) is 22.8 Å². The molecule has 1 saturated carbocycles. The van der Waals surface area contributed by atoms with Gasteiger partial charge in [-0.2, -0.15) is 20.7 Å². The lowest BCUT2D eigenvalue weighted by atomic mass is 9.78. The SMILES string of the molecule is C#CC(=O)N1CCC2(CCN(c3ccc(-c4cc(OCC)c(C#CC(=O)N5CCN(c6ccc(-c7cc(OCC)cn8ncc(C#N)c78)cn6)CC56CC6)n5ncc(C#N)c45)cn3)CC2)C1. The molecule has 1 aliphatic carbocycles. The van der Waals surface area contributed by atoms with Gasteiger partial charge < -0.3 is 29.1 Å². The highest BCUT2D eigenvalue weighted by atomic mass is 16.5. The quantitative estimate of drug-likeness (QED) is 0.180. The summed E-state index contributed by atoms with van der Waals surface area (Å²) in [7, 11) is 0. The molecule has 6 aromatic rings. The van der Waals surface area contributed by atoms with Crippen molar-refractivity contribution in [3.05, 3.63) is 84.2 Å². The second-order valence-electron chi connectivity index (χ2n) is 17.4. The second-order valence-corrected chi connectivity index (χ2v) is 17.4. The smallest absolute Gasteiger partial charge is 0.299 e. The number of terminal acetylenes is 1. The maximum absolute atomic E-state index is 14.0. The Morgan fingerprint density at radius 1 is 0.742 bits per heavy atom. The summed E-state index contributed by atoms with van der Waals surface area (Å²) in [6.07, 6.45) is 18.4. The Kier molecular flexibility index (Phi) is 10.7. The molecule has 3 saturated heterocycles. The molecule has 3 aliphatic heterocycles. The first kappa shape index (κ1) is 41.9. The summed E-state index contributed by atoms with van der Waals surface area (Å²) in [5.41, 5.74) is 5.29. The van der Waals surface area contributed by atoms with Gasteiger partial charge in [-0.05, 0) is 99.6 Å². The third-order valence-electron chi connectivity index (χ3n) is 13.6. The molecule has 0 atom stereocenters. The molecule has 0 unspecified atom stereocenters. The molecule has 2 spiro atoms. The van der Waals surface area contributed by atoms with Crippen molar-refractivity contribution >= 4 is 34.5 Å². The van der Waals surface area contributed by atoms with Crippen LogP contribution in [0.25, 0.3) is 33.3 Å². The number of anilines is 2. The van der Waals surface area contributed by atoms with Gasteiger partial charge in [0.15, 0.2) is 11.4 Å². The summed E-state index contributed by atoms with van der Waals surface area (Å²) in [6, 6.07) is 16.2. The summed E-state index contributed by atoms with van der Waals surface area (Å²) >= 11 is 0. The number of piperidine rings is 1. The van der Waals surface area contributed by atoms with Gasteiger partial charge in [-0.15, -0.1) is 6.42 Å². The molecule has 9 heterocycles. The number of likely N-dealkylation sites (tertiary alicyclic amines) is 1. The van der Waals surface area contributed by atoms with Crippen molar-refractivity contribution in [3.63, 3.8) is 0 Å².